The molecule has 0 fully saturated rings. The molecule has 16 heavy (non-hydrogen) atoms. The lowest BCUT2D eigenvalue weighted by Crippen LogP contribution is -1.82. The van der Waals surface area contributed by atoms with Crippen molar-refractivity contribution in [1.29, 1.82) is 0 Å². The molecule has 0 N–H and O–H groups in total. The number of hydrogen-bond donors (Lipinski definition) is 0. The van der Waals surface area contributed by atoms with Crippen molar-refractivity contribution in [3.05, 3.63) is 33.7 Å². The summed E-state index contributed by atoms with van der Waals surface area (Å²) in [5.41, 5.74) is 1.01. The van der Waals surface area contributed by atoms with E-state index in [0.717, 1.165) is 5.39 Å². The second-order valence-electron chi connectivity index (χ2n) is 3.21. The summed E-state index contributed by atoms with van der Waals surface area (Å²) in [5.74, 6) is 0. The molecule has 2 heterocycles. The SMILES string of the molecule is Clc1ccc2oc3nc(Cl)nc(Cl)c3c2c1. The molecule has 0 radical (unpaired) electrons. The quantitative estimate of drug-likeness (QED) is 0.452. The Morgan fingerprint density at radius 3 is 2.69 bits per heavy atom. The third-order valence-electron chi connectivity index (χ3n) is 2.22. The van der Waals surface area contributed by atoms with Crippen LogP contribution in [0.25, 0.3) is 22.1 Å². The summed E-state index contributed by atoms with van der Waals surface area (Å²) in [6, 6.07) is 5.24. The van der Waals surface area contributed by atoms with Gasteiger partial charge in [0.1, 0.15) is 10.7 Å². The monoisotopic (exact) mass is 272 g/mol. The second-order valence-corrected chi connectivity index (χ2v) is 4.34. The van der Waals surface area contributed by atoms with Gasteiger partial charge in [0.05, 0.1) is 5.39 Å². The molecule has 1 aromatic carbocycles. The highest BCUT2D eigenvalue weighted by molar-refractivity contribution is 6.38. The zero-order valence-corrected chi connectivity index (χ0v) is 9.94. The molecule has 0 spiro atoms. The minimum atomic E-state index is 0.0580. The third kappa shape index (κ3) is 1.44. The number of halogens is 3. The van der Waals surface area contributed by atoms with Crippen LogP contribution in [0.3, 0.4) is 0 Å². The van der Waals surface area contributed by atoms with Gasteiger partial charge in [0.25, 0.3) is 0 Å². The number of benzene rings is 1. The van der Waals surface area contributed by atoms with Gasteiger partial charge in [-0.3, -0.25) is 0 Å². The number of fused-ring (bicyclic) bond motifs is 3. The first-order valence-electron chi connectivity index (χ1n) is 4.36. The fourth-order valence-corrected chi connectivity index (χ4v) is 2.22. The predicted octanol–water partition coefficient (Wildman–Crippen LogP) is 4.34. The minimum Gasteiger partial charge on any atom is -0.437 e. The van der Waals surface area contributed by atoms with Crippen molar-refractivity contribution in [3.8, 4) is 0 Å². The van der Waals surface area contributed by atoms with Gasteiger partial charge in [-0.05, 0) is 29.8 Å². The molecular weight excluding hydrogens is 270 g/mol. The topological polar surface area (TPSA) is 38.9 Å². The molecule has 0 aliphatic rings. The number of hydrogen-bond acceptors (Lipinski definition) is 3. The van der Waals surface area contributed by atoms with Gasteiger partial charge in [-0.15, -0.1) is 0 Å². The molecule has 0 amide bonds. The van der Waals surface area contributed by atoms with Crippen molar-refractivity contribution in [2.45, 2.75) is 0 Å². The van der Waals surface area contributed by atoms with E-state index in [1.807, 2.05) is 0 Å². The summed E-state index contributed by atoms with van der Waals surface area (Å²) in [5, 5.41) is 2.33. The van der Waals surface area contributed by atoms with Gasteiger partial charge in [0, 0.05) is 10.4 Å². The smallest absolute Gasteiger partial charge is 0.233 e. The van der Waals surface area contributed by atoms with Crippen LogP contribution in [0, 0.1) is 0 Å². The molecule has 0 saturated heterocycles. The molecule has 0 atom stereocenters. The average Bonchev–Trinajstić information content (AvgIpc) is 2.54. The maximum atomic E-state index is 6.00. The van der Waals surface area contributed by atoms with E-state index in [9.17, 15) is 0 Å². The van der Waals surface area contributed by atoms with Gasteiger partial charge in [0.15, 0.2) is 0 Å². The van der Waals surface area contributed by atoms with E-state index >= 15 is 0 Å². The van der Waals surface area contributed by atoms with Crippen molar-refractivity contribution >= 4 is 56.9 Å². The Hall–Kier alpha value is -1.03. The number of furan rings is 1. The van der Waals surface area contributed by atoms with Crippen molar-refractivity contribution in [2.75, 3.05) is 0 Å². The maximum absolute atomic E-state index is 6.00. The van der Waals surface area contributed by atoms with Crippen molar-refractivity contribution < 1.29 is 4.42 Å². The minimum absolute atomic E-state index is 0.0580. The first-order valence-corrected chi connectivity index (χ1v) is 5.49. The van der Waals surface area contributed by atoms with E-state index < -0.39 is 0 Å². The number of aromatic nitrogens is 2. The highest BCUT2D eigenvalue weighted by atomic mass is 35.5. The summed E-state index contributed by atoms with van der Waals surface area (Å²) in [6.45, 7) is 0. The molecule has 0 aliphatic carbocycles. The van der Waals surface area contributed by atoms with Crippen molar-refractivity contribution in [3.63, 3.8) is 0 Å². The molecule has 2 aromatic heterocycles. The number of nitrogens with zero attached hydrogens (tertiary/aromatic N) is 2. The molecule has 0 unspecified atom stereocenters. The predicted molar refractivity (Wildman–Crippen MR) is 64.3 cm³/mol. The average molecular weight is 274 g/mol. The zero-order valence-electron chi connectivity index (χ0n) is 7.67. The van der Waals surface area contributed by atoms with Crippen LogP contribution in [0.4, 0.5) is 0 Å². The zero-order chi connectivity index (χ0) is 11.3. The van der Waals surface area contributed by atoms with Gasteiger partial charge in [-0.25, -0.2) is 4.98 Å². The highest BCUT2D eigenvalue weighted by Gasteiger charge is 2.14. The molecule has 3 rings (SSSR count). The fraction of sp³-hybridized carbons (Fsp3) is 0. The summed E-state index contributed by atoms with van der Waals surface area (Å²) in [4.78, 5) is 7.83. The van der Waals surface area contributed by atoms with Gasteiger partial charge >= 0.3 is 0 Å². The van der Waals surface area contributed by atoms with Crippen LogP contribution in [0.1, 0.15) is 0 Å². The van der Waals surface area contributed by atoms with E-state index in [1.54, 1.807) is 18.2 Å². The van der Waals surface area contributed by atoms with Crippen molar-refractivity contribution in [1.82, 2.24) is 9.97 Å². The Bertz CT molecular complexity index is 708. The standard InChI is InChI=1S/C10H3Cl3N2O/c11-4-1-2-6-5(3-4)7-8(12)14-10(13)15-9(7)16-6/h1-3H. The lowest BCUT2D eigenvalue weighted by Gasteiger charge is -1.93. The Morgan fingerprint density at radius 2 is 1.88 bits per heavy atom. The molecule has 80 valence electrons. The van der Waals surface area contributed by atoms with E-state index in [2.05, 4.69) is 9.97 Å². The van der Waals surface area contributed by atoms with Crippen LogP contribution in [-0.4, -0.2) is 9.97 Å². The summed E-state index contributed by atoms with van der Waals surface area (Å²) in [7, 11) is 0. The van der Waals surface area contributed by atoms with Crippen LogP contribution in [0.15, 0.2) is 22.6 Å². The van der Waals surface area contributed by atoms with Crippen LogP contribution in [-0.2, 0) is 0 Å². The van der Waals surface area contributed by atoms with E-state index in [1.165, 1.54) is 0 Å². The van der Waals surface area contributed by atoms with Gasteiger partial charge in [-0.2, -0.15) is 4.98 Å². The summed E-state index contributed by atoms with van der Waals surface area (Å²) >= 11 is 17.6. The fourth-order valence-electron chi connectivity index (χ4n) is 1.58. The summed E-state index contributed by atoms with van der Waals surface area (Å²) < 4.78 is 5.49. The lowest BCUT2D eigenvalue weighted by molar-refractivity contribution is 0.653. The molecule has 3 nitrogen and oxygen atoms in total. The molecule has 0 bridgehead atoms. The van der Waals surface area contributed by atoms with Crippen LogP contribution in [0.2, 0.25) is 15.5 Å². The van der Waals surface area contributed by atoms with E-state index in [4.69, 9.17) is 39.2 Å². The molecule has 3 aromatic rings. The van der Waals surface area contributed by atoms with Gasteiger partial charge in [0.2, 0.25) is 11.0 Å². The van der Waals surface area contributed by atoms with Crippen LogP contribution < -0.4 is 0 Å². The third-order valence-corrected chi connectivity index (χ3v) is 2.90. The van der Waals surface area contributed by atoms with E-state index in [0.29, 0.717) is 21.7 Å². The molecule has 0 aliphatic heterocycles. The molecular formula is C10H3Cl3N2O. The summed E-state index contributed by atoms with van der Waals surface area (Å²) in [6.07, 6.45) is 0. The molecule has 0 saturated carbocycles. The second kappa shape index (κ2) is 3.48. The normalized spacial score (nSPS) is 11.4. The van der Waals surface area contributed by atoms with Gasteiger partial charge in [-0.1, -0.05) is 23.2 Å². The Labute approximate surface area is 105 Å². The number of rotatable bonds is 0. The van der Waals surface area contributed by atoms with Crippen LogP contribution in [0.5, 0.6) is 0 Å². The lowest BCUT2D eigenvalue weighted by atomic mass is 10.2. The Morgan fingerprint density at radius 1 is 1.06 bits per heavy atom. The maximum Gasteiger partial charge on any atom is 0.233 e. The Kier molecular flexibility index (Phi) is 2.21. The first-order chi connectivity index (χ1) is 7.65. The Balaban J connectivity index is 2.57. The van der Waals surface area contributed by atoms with E-state index in [-0.39, 0.29) is 10.4 Å². The first kappa shape index (κ1) is 10.1. The molecule has 6 heteroatoms. The van der Waals surface area contributed by atoms with Crippen molar-refractivity contribution in [2.24, 2.45) is 0 Å². The van der Waals surface area contributed by atoms with Crippen LogP contribution >= 0.6 is 34.8 Å². The highest BCUT2D eigenvalue weighted by Crippen LogP contribution is 2.33. The van der Waals surface area contributed by atoms with Gasteiger partial charge < -0.3 is 4.42 Å². The largest absolute Gasteiger partial charge is 0.437 e.